The third-order valence-corrected chi connectivity index (χ3v) is 2.87. The monoisotopic (exact) mass is 247 g/mol. The van der Waals surface area contributed by atoms with Crippen molar-refractivity contribution in [3.63, 3.8) is 0 Å². The minimum atomic E-state index is 0. The molecule has 3 nitrogen and oxygen atoms in total. The van der Waals surface area contributed by atoms with Crippen LogP contribution in [0.4, 0.5) is 0 Å². The van der Waals surface area contributed by atoms with Crippen LogP contribution in [0.3, 0.4) is 0 Å². The maximum Gasteiger partial charge on any atom is 0.208 e. The molecule has 0 saturated heterocycles. The van der Waals surface area contributed by atoms with Crippen LogP contribution in [0.2, 0.25) is 0 Å². The van der Waals surface area contributed by atoms with E-state index in [9.17, 15) is 0 Å². The van der Waals surface area contributed by atoms with Crippen LogP contribution in [-0.4, -0.2) is 4.57 Å². The topological polar surface area (TPSA) is 43.3 Å². The molecule has 0 atom stereocenters. The van der Waals surface area contributed by atoms with E-state index in [1.807, 2.05) is 6.08 Å². The summed E-state index contributed by atoms with van der Waals surface area (Å²) in [5.74, 6) is 5.32. The van der Waals surface area contributed by atoms with E-state index in [1.54, 1.807) is 11.3 Å². The Morgan fingerprint density at radius 3 is 2.60 bits per heavy atom. The molecule has 1 aromatic heterocycles. The molecule has 0 amide bonds. The first-order valence-corrected chi connectivity index (χ1v) is 5.42. The van der Waals surface area contributed by atoms with Crippen molar-refractivity contribution in [2.24, 2.45) is 10.9 Å². The van der Waals surface area contributed by atoms with E-state index >= 15 is 0 Å². The summed E-state index contributed by atoms with van der Waals surface area (Å²) in [4.78, 5) is 0.842. The first kappa shape index (κ1) is 14.3. The average Bonchev–Trinajstić information content (AvgIpc) is 2.47. The van der Waals surface area contributed by atoms with E-state index in [1.165, 1.54) is 5.69 Å². The fourth-order valence-electron chi connectivity index (χ4n) is 1.33. The molecule has 0 unspecified atom stereocenters. The van der Waals surface area contributed by atoms with Crippen molar-refractivity contribution in [1.82, 2.24) is 4.57 Å². The normalized spacial score (nSPS) is 12.3. The third-order valence-electron chi connectivity index (χ3n) is 1.99. The van der Waals surface area contributed by atoms with Crippen molar-refractivity contribution in [2.45, 2.75) is 32.7 Å². The predicted octanol–water partition coefficient (Wildman–Crippen LogP) is 2.23. The maximum atomic E-state index is 5.32. The van der Waals surface area contributed by atoms with Crippen molar-refractivity contribution in [3.8, 4) is 0 Å². The average molecular weight is 248 g/mol. The molecule has 0 bridgehead atoms. The van der Waals surface area contributed by atoms with Gasteiger partial charge in [-0.2, -0.15) is 5.10 Å². The van der Waals surface area contributed by atoms with E-state index in [0.29, 0.717) is 0 Å². The summed E-state index contributed by atoms with van der Waals surface area (Å²) in [5, 5.41) is 5.86. The van der Waals surface area contributed by atoms with E-state index in [4.69, 9.17) is 5.84 Å². The number of allylic oxidation sites excluding steroid dienone is 1. The van der Waals surface area contributed by atoms with Crippen LogP contribution >= 0.6 is 23.7 Å². The van der Waals surface area contributed by atoms with Gasteiger partial charge in [0.2, 0.25) is 4.80 Å². The van der Waals surface area contributed by atoms with E-state index < -0.39 is 0 Å². The second kappa shape index (κ2) is 5.37. The van der Waals surface area contributed by atoms with Crippen LogP contribution < -0.4 is 10.6 Å². The molecule has 0 fully saturated rings. The lowest BCUT2D eigenvalue weighted by Crippen LogP contribution is -2.24. The van der Waals surface area contributed by atoms with E-state index in [2.05, 4.69) is 42.4 Å². The van der Waals surface area contributed by atoms with Crippen molar-refractivity contribution in [1.29, 1.82) is 0 Å². The zero-order valence-corrected chi connectivity index (χ0v) is 11.0. The minimum Gasteiger partial charge on any atom is -0.320 e. The van der Waals surface area contributed by atoms with Crippen molar-refractivity contribution in [2.75, 3.05) is 0 Å². The summed E-state index contributed by atoms with van der Waals surface area (Å²) in [6.45, 7) is 11.0. The van der Waals surface area contributed by atoms with Gasteiger partial charge in [-0.25, -0.2) is 0 Å². The Labute approximate surface area is 101 Å². The number of nitrogens with zero attached hydrogens (tertiary/aromatic N) is 2. The quantitative estimate of drug-likeness (QED) is 0.486. The van der Waals surface area contributed by atoms with Crippen LogP contribution in [0, 0.1) is 0 Å². The van der Waals surface area contributed by atoms with Crippen molar-refractivity contribution >= 4 is 23.7 Å². The summed E-state index contributed by atoms with van der Waals surface area (Å²) in [7, 11) is 0. The molecule has 2 N–H and O–H groups in total. The van der Waals surface area contributed by atoms with Gasteiger partial charge in [-0.1, -0.05) is 26.8 Å². The molecule has 0 aliphatic heterocycles. The Hall–Kier alpha value is -0.740. The second-order valence-corrected chi connectivity index (χ2v) is 5.02. The first-order chi connectivity index (χ1) is 6.50. The highest BCUT2D eigenvalue weighted by Gasteiger charge is 2.18. The molecule has 0 radical (unpaired) electrons. The molecule has 5 heteroatoms. The summed E-state index contributed by atoms with van der Waals surface area (Å²) in [6, 6.07) is 0. The predicted molar refractivity (Wildman–Crippen MR) is 68.2 cm³/mol. The lowest BCUT2D eigenvalue weighted by atomic mass is 9.93. The molecule has 86 valence electrons. The molecule has 1 heterocycles. The zero-order valence-electron chi connectivity index (χ0n) is 9.36. The fraction of sp³-hybridized carbons (Fsp3) is 0.500. The van der Waals surface area contributed by atoms with Gasteiger partial charge < -0.3 is 10.4 Å². The molecule has 0 aromatic carbocycles. The van der Waals surface area contributed by atoms with Gasteiger partial charge in [0.15, 0.2) is 0 Å². The van der Waals surface area contributed by atoms with Gasteiger partial charge in [0.25, 0.3) is 0 Å². The van der Waals surface area contributed by atoms with Crippen molar-refractivity contribution in [3.05, 3.63) is 28.5 Å². The number of hydrogen-bond acceptors (Lipinski definition) is 3. The lowest BCUT2D eigenvalue weighted by Gasteiger charge is -2.20. The maximum absolute atomic E-state index is 5.32. The van der Waals surface area contributed by atoms with Gasteiger partial charge in [0, 0.05) is 23.0 Å². The van der Waals surface area contributed by atoms with Gasteiger partial charge in [0.05, 0.1) is 0 Å². The molecule has 15 heavy (non-hydrogen) atoms. The van der Waals surface area contributed by atoms with Gasteiger partial charge >= 0.3 is 0 Å². The summed E-state index contributed by atoms with van der Waals surface area (Å²) in [5.41, 5.74) is 1.36. The first-order valence-electron chi connectivity index (χ1n) is 4.54. The Kier molecular flexibility index (Phi) is 5.11. The van der Waals surface area contributed by atoms with Crippen LogP contribution in [0.1, 0.15) is 26.5 Å². The molecule has 0 spiro atoms. The Balaban J connectivity index is 0.00000196. The Morgan fingerprint density at radius 2 is 2.20 bits per heavy atom. The Morgan fingerprint density at radius 1 is 1.60 bits per heavy atom. The molecule has 0 aliphatic rings. The van der Waals surface area contributed by atoms with E-state index in [0.717, 1.165) is 11.3 Å². The number of rotatable bonds is 2. The van der Waals surface area contributed by atoms with Gasteiger partial charge in [0.1, 0.15) is 0 Å². The van der Waals surface area contributed by atoms with Gasteiger partial charge in [-0.15, -0.1) is 30.3 Å². The van der Waals surface area contributed by atoms with Gasteiger partial charge in [-0.3, -0.25) is 0 Å². The van der Waals surface area contributed by atoms with Crippen LogP contribution in [0.15, 0.2) is 23.1 Å². The molecule has 1 aromatic rings. The molecular formula is C10H18ClN3S. The number of nitrogens with two attached hydrogens (primary N) is 1. The highest BCUT2D eigenvalue weighted by molar-refractivity contribution is 7.07. The zero-order chi connectivity index (χ0) is 10.8. The molecule has 0 aliphatic carbocycles. The second-order valence-electron chi connectivity index (χ2n) is 4.18. The summed E-state index contributed by atoms with van der Waals surface area (Å²) in [6.07, 6.45) is 1.86. The van der Waals surface area contributed by atoms with Crippen molar-refractivity contribution < 1.29 is 0 Å². The third kappa shape index (κ3) is 3.11. The van der Waals surface area contributed by atoms with Crippen LogP contribution in [0.5, 0.6) is 0 Å². The van der Waals surface area contributed by atoms with Crippen LogP contribution in [0.25, 0.3) is 0 Å². The highest BCUT2D eigenvalue weighted by Crippen LogP contribution is 2.22. The highest BCUT2D eigenvalue weighted by atomic mass is 35.5. The van der Waals surface area contributed by atoms with Crippen LogP contribution in [-0.2, 0) is 12.0 Å². The number of halogens is 1. The van der Waals surface area contributed by atoms with Gasteiger partial charge in [-0.05, 0) is 0 Å². The molecular weight excluding hydrogens is 230 g/mol. The molecule has 1 rings (SSSR count). The minimum absolute atomic E-state index is 0. The summed E-state index contributed by atoms with van der Waals surface area (Å²) < 4.78 is 2.09. The number of aromatic nitrogens is 1. The summed E-state index contributed by atoms with van der Waals surface area (Å²) >= 11 is 1.57. The number of thiazole rings is 1. The smallest absolute Gasteiger partial charge is 0.208 e. The molecule has 0 saturated carbocycles. The standard InChI is InChI=1S/C10H17N3S.ClH/c1-5-6-13-8(10(2,3)4)7-14-9(13)12-11;/h5,7H,1,6,11H2,2-4H3;1H. The lowest BCUT2D eigenvalue weighted by molar-refractivity contribution is 0.526. The Bertz CT molecular complexity index is 384. The SMILES string of the molecule is C=CCn1c(C(C)(C)C)csc1=NN.Cl. The fourth-order valence-corrected chi connectivity index (χ4v) is 2.38. The number of hydrogen-bond donors (Lipinski definition) is 1. The van der Waals surface area contributed by atoms with E-state index in [-0.39, 0.29) is 17.8 Å². The largest absolute Gasteiger partial charge is 0.320 e.